The van der Waals surface area contributed by atoms with E-state index in [1.807, 2.05) is 19.2 Å². The number of carbonyl (C=O) groups excluding carboxylic acids is 1. The van der Waals surface area contributed by atoms with Crippen LogP contribution in [0.1, 0.15) is 25.7 Å². The molecule has 0 saturated heterocycles. The van der Waals surface area contributed by atoms with Gasteiger partial charge in [-0.05, 0) is 37.1 Å². The minimum atomic E-state index is -3.14. The van der Waals surface area contributed by atoms with Crippen molar-refractivity contribution < 1.29 is 13.2 Å². The molecule has 0 heterocycles. The third-order valence-corrected chi connectivity index (χ3v) is 4.86. The van der Waals surface area contributed by atoms with Gasteiger partial charge < -0.3 is 4.90 Å². The van der Waals surface area contributed by atoms with Crippen molar-refractivity contribution in [2.45, 2.75) is 36.6 Å². The first-order valence-electron chi connectivity index (χ1n) is 6.42. The fourth-order valence-corrected chi connectivity index (χ4v) is 3.08. The van der Waals surface area contributed by atoms with Gasteiger partial charge in [0.25, 0.3) is 0 Å². The number of benzene rings is 1. The Bertz CT molecular complexity index is 553. The molecule has 0 aromatic heterocycles. The van der Waals surface area contributed by atoms with E-state index in [9.17, 15) is 13.2 Å². The highest BCUT2D eigenvalue weighted by Crippen LogP contribution is 2.25. The number of nitrogens with zero attached hydrogens (tertiary/aromatic N) is 1. The smallest absolute Gasteiger partial charge is 0.175 e. The van der Waals surface area contributed by atoms with E-state index in [0.717, 1.165) is 18.5 Å². The minimum Gasteiger partial charge on any atom is -0.372 e. The van der Waals surface area contributed by atoms with Crippen molar-refractivity contribution in [1.82, 2.24) is 0 Å². The van der Waals surface area contributed by atoms with Gasteiger partial charge in [-0.3, -0.25) is 4.79 Å². The maximum absolute atomic E-state index is 11.4. The molecule has 0 amide bonds. The summed E-state index contributed by atoms with van der Waals surface area (Å²) in [6.45, 7) is 0. The van der Waals surface area contributed by atoms with Gasteiger partial charge in [0, 0.05) is 37.9 Å². The average molecular weight is 281 g/mol. The van der Waals surface area contributed by atoms with Gasteiger partial charge >= 0.3 is 0 Å². The number of ketones is 1. The molecule has 1 fully saturated rings. The molecule has 0 N–H and O–H groups in total. The van der Waals surface area contributed by atoms with Gasteiger partial charge in [-0.15, -0.1) is 0 Å². The topological polar surface area (TPSA) is 54.5 Å². The van der Waals surface area contributed by atoms with Gasteiger partial charge in [0.15, 0.2) is 9.84 Å². The fraction of sp³-hybridized carbons (Fsp3) is 0.500. The highest BCUT2D eigenvalue weighted by molar-refractivity contribution is 7.90. The molecule has 19 heavy (non-hydrogen) atoms. The lowest BCUT2D eigenvalue weighted by Crippen LogP contribution is -2.35. The number of rotatable bonds is 3. The van der Waals surface area contributed by atoms with Crippen molar-refractivity contribution in [3.05, 3.63) is 24.3 Å². The highest BCUT2D eigenvalue weighted by atomic mass is 32.2. The molecule has 104 valence electrons. The molecule has 1 saturated carbocycles. The van der Waals surface area contributed by atoms with E-state index in [4.69, 9.17) is 0 Å². The SMILES string of the molecule is CN(c1ccc(S(C)(=O)=O)cc1)C1CCC(=O)CC1. The Hall–Kier alpha value is -1.36. The second-order valence-electron chi connectivity index (χ2n) is 5.15. The molecule has 5 heteroatoms. The molecular weight excluding hydrogens is 262 g/mol. The van der Waals surface area contributed by atoms with E-state index in [2.05, 4.69) is 4.90 Å². The molecule has 0 atom stereocenters. The highest BCUT2D eigenvalue weighted by Gasteiger charge is 2.22. The standard InChI is InChI=1S/C14H19NO3S/c1-15(11-3-7-13(16)8-4-11)12-5-9-14(10-6-12)19(2,17)18/h5-6,9-11H,3-4,7-8H2,1-2H3. The molecule has 2 rings (SSSR count). The lowest BCUT2D eigenvalue weighted by molar-refractivity contribution is -0.120. The van der Waals surface area contributed by atoms with Crippen LogP contribution in [0.5, 0.6) is 0 Å². The molecule has 0 spiro atoms. The Morgan fingerprint density at radius 2 is 1.63 bits per heavy atom. The molecule has 0 bridgehead atoms. The Morgan fingerprint density at radius 1 is 1.11 bits per heavy atom. The van der Waals surface area contributed by atoms with Crippen molar-refractivity contribution in [1.29, 1.82) is 0 Å². The van der Waals surface area contributed by atoms with Gasteiger partial charge in [-0.1, -0.05) is 0 Å². The normalized spacial score (nSPS) is 17.5. The Labute approximate surface area is 114 Å². The van der Waals surface area contributed by atoms with Gasteiger partial charge in [0.2, 0.25) is 0 Å². The molecule has 1 aromatic rings. The number of Topliss-reactive ketones (excluding diaryl/α,β-unsaturated/α-hetero) is 1. The first-order chi connectivity index (χ1) is 8.88. The molecule has 4 nitrogen and oxygen atoms in total. The van der Waals surface area contributed by atoms with Crippen LogP contribution in [-0.4, -0.2) is 33.5 Å². The molecule has 1 aromatic carbocycles. The summed E-state index contributed by atoms with van der Waals surface area (Å²) in [5.74, 6) is 0.345. The van der Waals surface area contributed by atoms with Gasteiger partial charge in [0.1, 0.15) is 5.78 Å². The maximum atomic E-state index is 11.4. The van der Waals surface area contributed by atoms with Crippen LogP contribution in [0.3, 0.4) is 0 Å². The second-order valence-corrected chi connectivity index (χ2v) is 7.16. The largest absolute Gasteiger partial charge is 0.372 e. The summed E-state index contributed by atoms with van der Waals surface area (Å²) >= 11 is 0. The van der Waals surface area contributed by atoms with Crippen molar-refractivity contribution in [3.8, 4) is 0 Å². The van der Waals surface area contributed by atoms with Crippen molar-refractivity contribution in [2.75, 3.05) is 18.2 Å². The zero-order chi connectivity index (χ0) is 14.0. The second kappa shape index (κ2) is 5.33. The number of anilines is 1. The van der Waals surface area contributed by atoms with Crippen LogP contribution < -0.4 is 4.90 Å². The van der Waals surface area contributed by atoms with Crippen molar-refractivity contribution in [2.24, 2.45) is 0 Å². The third kappa shape index (κ3) is 3.35. The van der Waals surface area contributed by atoms with Crippen molar-refractivity contribution >= 4 is 21.3 Å². The molecular formula is C14H19NO3S. The summed E-state index contributed by atoms with van der Waals surface area (Å²) in [4.78, 5) is 13.7. The number of hydrogen-bond donors (Lipinski definition) is 0. The lowest BCUT2D eigenvalue weighted by atomic mass is 9.93. The Kier molecular flexibility index (Phi) is 3.94. The van der Waals surface area contributed by atoms with E-state index < -0.39 is 9.84 Å². The third-order valence-electron chi connectivity index (χ3n) is 3.73. The number of carbonyl (C=O) groups is 1. The summed E-state index contributed by atoms with van der Waals surface area (Å²) in [5, 5.41) is 0. The monoisotopic (exact) mass is 281 g/mol. The zero-order valence-electron chi connectivity index (χ0n) is 11.3. The maximum Gasteiger partial charge on any atom is 0.175 e. The summed E-state index contributed by atoms with van der Waals surface area (Å²) in [6.07, 6.45) is 4.26. The van der Waals surface area contributed by atoms with Gasteiger partial charge in [0.05, 0.1) is 4.90 Å². The van der Waals surface area contributed by atoms with E-state index in [-0.39, 0.29) is 0 Å². The first-order valence-corrected chi connectivity index (χ1v) is 8.32. The van der Waals surface area contributed by atoms with Crippen LogP contribution in [-0.2, 0) is 14.6 Å². The predicted octanol–water partition coefficient (Wildman–Crippen LogP) is 2.04. The summed E-state index contributed by atoms with van der Waals surface area (Å²) in [5.41, 5.74) is 0.992. The molecule has 1 aliphatic carbocycles. The average Bonchev–Trinajstić information content (AvgIpc) is 2.38. The van der Waals surface area contributed by atoms with E-state index >= 15 is 0 Å². The summed E-state index contributed by atoms with van der Waals surface area (Å²) < 4.78 is 22.8. The minimum absolute atomic E-state index is 0.337. The Balaban J connectivity index is 2.11. The van der Waals surface area contributed by atoms with Crippen LogP contribution in [0.2, 0.25) is 0 Å². The lowest BCUT2D eigenvalue weighted by Gasteiger charge is -2.32. The molecule has 0 aliphatic heterocycles. The summed E-state index contributed by atoms with van der Waals surface area (Å²) in [7, 11) is -1.14. The number of sulfone groups is 1. The molecule has 1 aliphatic rings. The van der Waals surface area contributed by atoms with Gasteiger partial charge in [-0.2, -0.15) is 0 Å². The predicted molar refractivity (Wildman–Crippen MR) is 75.2 cm³/mol. The van der Waals surface area contributed by atoms with Crippen LogP contribution >= 0.6 is 0 Å². The van der Waals surface area contributed by atoms with E-state index in [1.165, 1.54) is 6.26 Å². The fourth-order valence-electron chi connectivity index (χ4n) is 2.45. The van der Waals surface area contributed by atoms with Crippen LogP contribution in [0, 0.1) is 0 Å². The molecule has 0 radical (unpaired) electrons. The zero-order valence-corrected chi connectivity index (χ0v) is 12.1. The molecule has 0 unspecified atom stereocenters. The van der Waals surface area contributed by atoms with Crippen LogP contribution in [0.25, 0.3) is 0 Å². The van der Waals surface area contributed by atoms with E-state index in [1.54, 1.807) is 12.1 Å². The van der Waals surface area contributed by atoms with Crippen molar-refractivity contribution in [3.63, 3.8) is 0 Å². The van der Waals surface area contributed by atoms with Crippen LogP contribution in [0.15, 0.2) is 29.2 Å². The van der Waals surface area contributed by atoms with Gasteiger partial charge in [-0.25, -0.2) is 8.42 Å². The Morgan fingerprint density at radius 3 is 2.11 bits per heavy atom. The summed E-state index contributed by atoms with van der Waals surface area (Å²) in [6, 6.07) is 7.28. The quantitative estimate of drug-likeness (QED) is 0.850. The van der Waals surface area contributed by atoms with E-state index in [0.29, 0.717) is 29.6 Å². The van der Waals surface area contributed by atoms with Crippen LogP contribution in [0.4, 0.5) is 5.69 Å². The first kappa shape index (κ1) is 14.1. The number of hydrogen-bond acceptors (Lipinski definition) is 4.